The summed E-state index contributed by atoms with van der Waals surface area (Å²) in [6.07, 6.45) is 5.48. The summed E-state index contributed by atoms with van der Waals surface area (Å²) in [6.45, 7) is 7.57. The maximum absolute atomic E-state index is 12.3. The van der Waals surface area contributed by atoms with Gasteiger partial charge in [-0.25, -0.2) is 13.4 Å². The highest BCUT2D eigenvalue weighted by molar-refractivity contribution is 7.91. The predicted octanol–water partition coefficient (Wildman–Crippen LogP) is 1.40. The molecule has 0 atom stereocenters. The number of sulfone groups is 1. The van der Waals surface area contributed by atoms with Gasteiger partial charge in [0, 0.05) is 24.3 Å². The van der Waals surface area contributed by atoms with Gasteiger partial charge in [-0.3, -0.25) is 9.36 Å². The number of rotatable bonds is 4. The van der Waals surface area contributed by atoms with Crippen molar-refractivity contribution < 1.29 is 8.42 Å². The smallest absolute Gasteiger partial charge is 0.256 e. The van der Waals surface area contributed by atoms with Crippen molar-refractivity contribution in [2.24, 2.45) is 11.8 Å². The van der Waals surface area contributed by atoms with Gasteiger partial charge in [-0.15, -0.1) is 0 Å². The molecule has 0 saturated carbocycles. The Balaban J connectivity index is 1.48. The molecule has 0 bridgehead atoms. The van der Waals surface area contributed by atoms with E-state index in [2.05, 4.69) is 9.88 Å². The van der Waals surface area contributed by atoms with E-state index in [0.717, 1.165) is 63.1 Å². The van der Waals surface area contributed by atoms with E-state index in [1.54, 1.807) is 10.9 Å². The number of aryl methyl sites for hydroxylation is 1. The molecule has 2 fully saturated rings. The fraction of sp³-hybridized carbons (Fsp3) is 0.778. The molecule has 1 aromatic heterocycles. The first-order valence-corrected chi connectivity index (χ1v) is 11.1. The van der Waals surface area contributed by atoms with Crippen molar-refractivity contribution in [2.45, 2.75) is 46.1 Å². The minimum atomic E-state index is -2.77. The van der Waals surface area contributed by atoms with E-state index >= 15 is 0 Å². The van der Waals surface area contributed by atoms with E-state index in [9.17, 15) is 13.2 Å². The van der Waals surface area contributed by atoms with Gasteiger partial charge in [-0.2, -0.15) is 0 Å². The van der Waals surface area contributed by atoms with E-state index in [4.69, 9.17) is 0 Å². The van der Waals surface area contributed by atoms with Gasteiger partial charge in [0.1, 0.15) is 9.84 Å². The lowest BCUT2D eigenvalue weighted by molar-refractivity contribution is 0.148. The van der Waals surface area contributed by atoms with Gasteiger partial charge in [0.25, 0.3) is 5.56 Å². The quantitative estimate of drug-likeness (QED) is 0.804. The molecule has 0 amide bonds. The molecule has 140 valence electrons. The zero-order valence-corrected chi connectivity index (χ0v) is 16.1. The molecule has 25 heavy (non-hydrogen) atoms. The van der Waals surface area contributed by atoms with Crippen LogP contribution >= 0.6 is 0 Å². The summed E-state index contributed by atoms with van der Waals surface area (Å²) in [7, 11) is -2.77. The molecule has 0 N–H and O–H groups in total. The molecule has 3 heterocycles. The largest absolute Gasteiger partial charge is 0.303 e. The average Bonchev–Trinajstić information content (AvgIpc) is 2.59. The van der Waals surface area contributed by atoms with Crippen LogP contribution in [0.2, 0.25) is 0 Å². The fourth-order valence-corrected chi connectivity index (χ4v) is 5.51. The minimum absolute atomic E-state index is 0.0818. The molecule has 0 aromatic carbocycles. The van der Waals surface area contributed by atoms with E-state index in [1.165, 1.54) is 0 Å². The van der Waals surface area contributed by atoms with Crippen LogP contribution in [0.5, 0.6) is 0 Å². The van der Waals surface area contributed by atoms with Crippen molar-refractivity contribution in [3.05, 3.63) is 27.9 Å². The van der Waals surface area contributed by atoms with Gasteiger partial charge in [0.05, 0.1) is 17.8 Å². The van der Waals surface area contributed by atoms with E-state index < -0.39 is 9.84 Å². The van der Waals surface area contributed by atoms with Crippen LogP contribution in [0.15, 0.2) is 11.1 Å². The number of piperidine rings is 1. The van der Waals surface area contributed by atoms with Gasteiger partial charge in [0.15, 0.2) is 0 Å². The number of hydrogen-bond acceptors (Lipinski definition) is 5. The summed E-state index contributed by atoms with van der Waals surface area (Å²) in [6, 6.07) is 0. The van der Waals surface area contributed by atoms with Crippen LogP contribution in [0, 0.1) is 25.7 Å². The van der Waals surface area contributed by atoms with Crippen molar-refractivity contribution in [1.82, 2.24) is 14.5 Å². The summed E-state index contributed by atoms with van der Waals surface area (Å²) in [5.74, 6) is 1.75. The Morgan fingerprint density at radius 3 is 2.28 bits per heavy atom. The number of aromatic nitrogens is 2. The predicted molar refractivity (Wildman–Crippen MR) is 98.5 cm³/mol. The standard InChI is InChI=1S/C18H29N3O3S/c1-14-15(2)19-13-21(18(14)22)12-16-3-7-20(8-4-16)11-17-5-9-25(23,24)10-6-17/h13,16-17H,3-12H2,1-2H3. The van der Waals surface area contributed by atoms with Crippen LogP contribution in [0.4, 0.5) is 0 Å². The Kier molecular flexibility index (Phi) is 5.63. The first-order chi connectivity index (χ1) is 11.8. The molecule has 1 aromatic rings. The van der Waals surface area contributed by atoms with Gasteiger partial charge in [-0.1, -0.05) is 0 Å². The van der Waals surface area contributed by atoms with Gasteiger partial charge in [0.2, 0.25) is 0 Å². The monoisotopic (exact) mass is 367 g/mol. The van der Waals surface area contributed by atoms with Gasteiger partial charge < -0.3 is 4.90 Å². The second kappa shape index (κ2) is 7.58. The highest BCUT2D eigenvalue weighted by Gasteiger charge is 2.27. The van der Waals surface area contributed by atoms with Crippen molar-refractivity contribution in [2.75, 3.05) is 31.1 Å². The average molecular weight is 368 g/mol. The number of likely N-dealkylation sites (tertiary alicyclic amines) is 1. The van der Waals surface area contributed by atoms with Crippen LogP contribution in [-0.4, -0.2) is 54.0 Å². The molecule has 2 aliphatic rings. The third-order valence-electron chi connectivity index (χ3n) is 5.87. The lowest BCUT2D eigenvalue weighted by Crippen LogP contribution is -2.40. The summed E-state index contributed by atoms with van der Waals surface area (Å²) in [4.78, 5) is 19.1. The SMILES string of the molecule is Cc1ncn(CC2CCN(CC3CCS(=O)(=O)CC3)CC2)c(=O)c1C. The van der Waals surface area contributed by atoms with Crippen LogP contribution < -0.4 is 5.56 Å². The van der Waals surface area contributed by atoms with Gasteiger partial charge in [-0.05, 0) is 64.5 Å². The van der Waals surface area contributed by atoms with Crippen molar-refractivity contribution in [1.29, 1.82) is 0 Å². The molecule has 6 nitrogen and oxygen atoms in total. The first kappa shape index (κ1) is 18.6. The molecular formula is C18H29N3O3S. The maximum atomic E-state index is 12.3. The Morgan fingerprint density at radius 1 is 1.04 bits per heavy atom. The molecule has 3 rings (SSSR count). The molecule has 0 radical (unpaired) electrons. The molecule has 0 aliphatic carbocycles. The molecule has 0 unspecified atom stereocenters. The third-order valence-corrected chi connectivity index (χ3v) is 7.58. The maximum Gasteiger partial charge on any atom is 0.256 e. The molecular weight excluding hydrogens is 338 g/mol. The summed E-state index contributed by atoms with van der Waals surface area (Å²) in [5.41, 5.74) is 1.64. The van der Waals surface area contributed by atoms with Crippen LogP contribution in [-0.2, 0) is 16.4 Å². The van der Waals surface area contributed by atoms with Crippen LogP contribution in [0.1, 0.15) is 36.9 Å². The Bertz CT molecular complexity index is 750. The van der Waals surface area contributed by atoms with Crippen molar-refractivity contribution >= 4 is 9.84 Å². The minimum Gasteiger partial charge on any atom is -0.303 e. The van der Waals surface area contributed by atoms with E-state index in [-0.39, 0.29) is 5.56 Å². The molecule has 7 heteroatoms. The van der Waals surface area contributed by atoms with Gasteiger partial charge >= 0.3 is 0 Å². The highest BCUT2D eigenvalue weighted by Crippen LogP contribution is 2.24. The Hall–Kier alpha value is -1.21. The summed E-state index contributed by atoms with van der Waals surface area (Å²) >= 11 is 0. The second-order valence-corrected chi connectivity index (χ2v) is 10.1. The molecule has 0 spiro atoms. The topological polar surface area (TPSA) is 72.3 Å². The number of nitrogens with zero attached hydrogens (tertiary/aromatic N) is 3. The number of hydrogen-bond donors (Lipinski definition) is 0. The Labute approximate surface area is 150 Å². The van der Waals surface area contributed by atoms with E-state index in [0.29, 0.717) is 23.3 Å². The summed E-state index contributed by atoms with van der Waals surface area (Å²) in [5, 5.41) is 0. The second-order valence-electron chi connectivity index (χ2n) is 7.75. The normalized spacial score (nSPS) is 23.0. The lowest BCUT2D eigenvalue weighted by atomic mass is 9.94. The first-order valence-electron chi connectivity index (χ1n) is 9.29. The zero-order chi connectivity index (χ0) is 18.0. The van der Waals surface area contributed by atoms with Crippen molar-refractivity contribution in [3.8, 4) is 0 Å². The van der Waals surface area contributed by atoms with Crippen LogP contribution in [0.25, 0.3) is 0 Å². The van der Waals surface area contributed by atoms with Crippen LogP contribution in [0.3, 0.4) is 0 Å². The highest BCUT2D eigenvalue weighted by atomic mass is 32.2. The third kappa shape index (κ3) is 4.70. The Morgan fingerprint density at radius 2 is 1.64 bits per heavy atom. The molecule has 2 aliphatic heterocycles. The zero-order valence-electron chi connectivity index (χ0n) is 15.3. The molecule has 2 saturated heterocycles. The van der Waals surface area contributed by atoms with Crippen molar-refractivity contribution in [3.63, 3.8) is 0 Å². The lowest BCUT2D eigenvalue weighted by Gasteiger charge is -2.35. The van der Waals surface area contributed by atoms with E-state index in [1.807, 2.05) is 13.8 Å². The fourth-order valence-electron chi connectivity index (χ4n) is 3.92. The summed E-state index contributed by atoms with van der Waals surface area (Å²) < 4.78 is 24.8.